The predicted octanol–water partition coefficient (Wildman–Crippen LogP) is 1.86. The molecule has 1 N–H and O–H groups in total. The average molecular weight is 254 g/mol. The summed E-state index contributed by atoms with van der Waals surface area (Å²) in [4.78, 5) is 11.2. The van der Waals surface area contributed by atoms with E-state index >= 15 is 0 Å². The number of aryl methyl sites for hydroxylation is 1. The lowest BCUT2D eigenvalue weighted by Crippen LogP contribution is -2.44. The lowest BCUT2D eigenvalue weighted by Gasteiger charge is -2.27. The topological polar surface area (TPSA) is 41.1 Å². The number of piperazine rings is 1. The molecule has 0 unspecified atom stereocenters. The van der Waals surface area contributed by atoms with Gasteiger partial charge in [-0.15, -0.1) is 0 Å². The molecule has 0 amide bonds. The van der Waals surface area contributed by atoms with E-state index in [0.29, 0.717) is 0 Å². The van der Waals surface area contributed by atoms with Gasteiger partial charge in [0.2, 0.25) is 5.95 Å². The largest absolute Gasteiger partial charge is 0.338 e. The van der Waals surface area contributed by atoms with Crippen LogP contribution < -0.4 is 10.2 Å². The molecule has 0 aliphatic carbocycles. The molecule has 19 heavy (non-hydrogen) atoms. The predicted molar refractivity (Wildman–Crippen MR) is 77.3 cm³/mol. The first-order chi connectivity index (χ1) is 9.33. The normalized spacial score (nSPS) is 15.5. The number of anilines is 1. The molecular weight excluding hydrogens is 236 g/mol. The van der Waals surface area contributed by atoms with Crippen LogP contribution >= 0.6 is 0 Å². The Bertz CT molecular complexity index is 544. The minimum atomic E-state index is 0.831. The fourth-order valence-electron chi connectivity index (χ4n) is 2.32. The first kappa shape index (κ1) is 12.1. The molecule has 0 bridgehead atoms. The van der Waals surface area contributed by atoms with Gasteiger partial charge in [-0.2, -0.15) is 0 Å². The lowest BCUT2D eigenvalue weighted by atomic mass is 10.1. The molecule has 0 atom stereocenters. The molecule has 2 aromatic rings. The van der Waals surface area contributed by atoms with Gasteiger partial charge in [-0.25, -0.2) is 9.97 Å². The van der Waals surface area contributed by atoms with Crippen LogP contribution in [0.2, 0.25) is 0 Å². The first-order valence-corrected chi connectivity index (χ1v) is 6.68. The number of rotatable bonds is 2. The third kappa shape index (κ3) is 2.74. The monoisotopic (exact) mass is 254 g/mol. The summed E-state index contributed by atoms with van der Waals surface area (Å²) in [5.41, 5.74) is 3.50. The highest BCUT2D eigenvalue weighted by Crippen LogP contribution is 2.20. The van der Waals surface area contributed by atoms with Gasteiger partial charge < -0.3 is 10.2 Å². The van der Waals surface area contributed by atoms with Gasteiger partial charge in [0, 0.05) is 44.1 Å². The van der Waals surface area contributed by atoms with Crippen molar-refractivity contribution >= 4 is 5.95 Å². The van der Waals surface area contributed by atoms with Crippen LogP contribution in [0.1, 0.15) is 5.56 Å². The van der Waals surface area contributed by atoms with Crippen molar-refractivity contribution in [3.05, 3.63) is 42.2 Å². The van der Waals surface area contributed by atoms with Crippen LogP contribution in [0.15, 0.2) is 36.7 Å². The molecule has 1 aromatic heterocycles. The number of hydrogen-bond acceptors (Lipinski definition) is 4. The third-order valence-corrected chi connectivity index (χ3v) is 3.39. The van der Waals surface area contributed by atoms with Gasteiger partial charge in [-0.05, 0) is 12.5 Å². The van der Waals surface area contributed by atoms with E-state index in [1.807, 2.05) is 12.4 Å². The van der Waals surface area contributed by atoms with Crippen molar-refractivity contribution < 1.29 is 0 Å². The van der Waals surface area contributed by atoms with Crippen molar-refractivity contribution in [2.45, 2.75) is 6.92 Å². The van der Waals surface area contributed by atoms with E-state index in [1.54, 1.807) is 0 Å². The molecule has 98 valence electrons. The zero-order chi connectivity index (χ0) is 13.1. The summed E-state index contributed by atoms with van der Waals surface area (Å²) in [6, 6.07) is 8.41. The maximum absolute atomic E-state index is 4.50. The van der Waals surface area contributed by atoms with E-state index < -0.39 is 0 Å². The molecule has 0 spiro atoms. The zero-order valence-corrected chi connectivity index (χ0v) is 11.1. The molecule has 1 fully saturated rings. The van der Waals surface area contributed by atoms with Gasteiger partial charge in [-0.1, -0.05) is 29.8 Å². The van der Waals surface area contributed by atoms with E-state index in [-0.39, 0.29) is 0 Å². The van der Waals surface area contributed by atoms with Crippen molar-refractivity contribution in [2.24, 2.45) is 0 Å². The van der Waals surface area contributed by atoms with Crippen LogP contribution in [0.25, 0.3) is 11.1 Å². The molecule has 2 heterocycles. The van der Waals surface area contributed by atoms with E-state index in [9.17, 15) is 0 Å². The molecule has 0 radical (unpaired) electrons. The van der Waals surface area contributed by atoms with Gasteiger partial charge in [0.1, 0.15) is 0 Å². The standard InChI is InChI=1S/C15H18N4/c1-12-3-2-4-13(9-12)14-10-17-15(18-11-14)19-7-5-16-6-8-19/h2-4,9-11,16H,5-8H2,1H3. The highest BCUT2D eigenvalue weighted by molar-refractivity contribution is 5.62. The number of aromatic nitrogens is 2. The summed E-state index contributed by atoms with van der Waals surface area (Å²) in [7, 11) is 0. The molecule has 4 nitrogen and oxygen atoms in total. The van der Waals surface area contributed by atoms with Crippen LogP contribution in [0, 0.1) is 6.92 Å². The van der Waals surface area contributed by atoms with Crippen LogP contribution in [0.5, 0.6) is 0 Å². The molecule has 0 saturated carbocycles. The maximum atomic E-state index is 4.50. The second-order valence-corrected chi connectivity index (χ2v) is 4.88. The van der Waals surface area contributed by atoms with E-state index in [2.05, 4.69) is 51.4 Å². The number of benzene rings is 1. The van der Waals surface area contributed by atoms with Gasteiger partial charge in [-0.3, -0.25) is 0 Å². The fraction of sp³-hybridized carbons (Fsp3) is 0.333. The Morgan fingerprint density at radius 1 is 1.05 bits per heavy atom. The Labute approximate surface area is 113 Å². The van der Waals surface area contributed by atoms with Gasteiger partial charge in [0.25, 0.3) is 0 Å². The average Bonchev–Trinajstić information content (AvgIpc) is 2.48. The summed E-state index contributed by atoms with van der Waals surface area (Å²) in [5, 5.41) is 3.33. The van der Waals surface area contributed by atoms with Gasteiger partial charge >= 0.3 is 0 Å². The van der Waals surface area contributed by atoms with Crippen molar-refractivity contribution in [1.29, 1.82) is 0 Å². The molecule has 1 aliphatic heterocycles. The smallest absolute Gasteiger partial charge is 0.225 e. The van der Waals surface area contributed by atoms with E-state index in [0.717, 1.165) is 37.7 Å². The molecular formula is C15H18N4. The lowest BCUT2D eigenvalue weighted by molar-refractivity contribution is 0.580. The molecule has 1 aromatic carbocycles. The Morgan fingerprint density at radius 3 is 2.47 bits per heavy atom. The van der Waals surface area contributed by atoms with Crippen LogP contribution in [0.4, 0.5) is 5.95 Å². The second-order valence-electron chi connectivity index (χ2n) is 4.88. The minimum Gasteiger partial charge on any atom is -0.338 e. The third-order valence-electron chi connectivity index (χ3n) is 3.39. The summed E-state index contributed by atoms with van der Waals surface area (Å²) in [6.45, 7) is 6.05. The summed E-state index contributed by atoms with van der Waals surface area (Å²) in [6.07, 6.45) is 3.83. The Balaban J connectivity index is 1.82. The van der Waals surface area contributed by atoms with E-state index in [1.165, 1.54) is 11.1 Å². The highest BCUT2D eigenvalue weighted by Gasteiger charge is 2.12. The van der Waals surface area contributed by atoms with E-state index in [4.69, 9.17) is 0 Å². The second kappa shape index (κ2) is 5.36. The fourth-order valence-corrected chi connectivity index (χ4v) is 2.32. The summed E-state index contributed by atoms with van der Waals surface area (Å²) >= 11 is 0. The highest BCUT2D eigenvalue weighted by atomic mass is 15.3. The number of nitrogens with zero attached hydrogens (tertiary/aromatic N) is 3. The Morgan fingerprint density at radius 2 is 1.79 bits per heavy atom. The molecule has 1 saturated heterocycles. The maximum Gasteiger partial charge on any atom is 0.225 e. The van der Waals surface area contributed by atoms with Crippen molar-refractivity contribution in [2.75, 3.05) is 31.1 Å². The molecule has 3 rings (SSSR count). The first-order valence-electron chi connectivity index (χ1n) is 6.68. The van der Waals surface area contributed by atoms with Crippen LogP contribution in [-0.2, 0) is 0 Å². The van der Waals surface area contributed by atoms with Crippen molar-refractivity contribution in [1.82, 2.24) is 15.3 Å². The zero-order valence-electron chi connectivity index (χ0n) is 11.1. The summed E-state index contributed by atoms with van der Waals surface area (Å²) < 4.78 is 0. The Kier molecular flexibility index (Phi) is 3.42. The number of nitrogens with one attached hydrogen (secondary N) is 1. The van der Waals surface area contributed by atoms with Crippen molar-refractivity contribution in [3.63, 3.8) is 0 Å². The van der Waals surface area contributed by atoms with Gasteiger partial charge in [0.05, 0.1) is 0 Å². The molecule has 4 heteroatoms. The quantitative estimate of drug-likeness (QED) is 0.888. The minimum absolute atomic E-state index is 0.831. The van der Waals surface area contributed by atoms with Crippen molar-refractivity contribution in [3.8, 4) is 11.1 Å². The number of hydrogen-bond donors (Lipinski definition) is 1. The Hall–Kier alpha value is -1.94. The van der Waals surface area contributed by atoms with Crippen LogP contribution in [-0.4, -0.2) is 36.1 Å². The SMILES string of the molecule is Cc1cccc(-c2cnc(N3CCNCC3)nc2)c1. The van der Waals surface area contributed by atoms with Crippen LogP contribution in [0.3, 0.4) is 0 Å². The van der Waals surface area contributed by atoms with Gasteiger partial charge in [0.15, 0.2) is 0 Å². The summed E-state index contributed by atoms with van der Waals surface area (Å²) in [5.74, 6) is 0.831. The molecule has 1 aliphatic rings.